The van der Waals surface area contributed by atoms with Gasteiger partial charge in [-0.1, -0.05) is 18.2 Å². The van der Waals surface area contributed by atoms with E-state index in [4.69, 9.17) is 9.15 Å². The number of aromatic nitrogens is 2. The van der Waals surface area contributed by atoms with Crippen LogP contribution >= 0.6 is 11.8 Å². The van der Waals surface area contributed by atoms with Gasteiger partial charge in [-0.3, -0.25) is 4.79 Å². The Hall–Kier alpha value is -2.11. The lowest BCUT2D eigenvalue weighted by Gasteiger charge is -2.26. The number of anilines is 1. The molecular weight excluding hydrogens is 452 g/mol. The van der Waals surface area contributed by atoms with Crippen molar-refractivity contribution in [3.63, 3.8) is 0 Å². The Labute approximate surface area is 192 Å². The Morgan fingerprint density at radius 2 is 2.00 bits per heavy atom. The number of benzene rings is 1. The minimum absolute atomic E-state index is 0.0521. The van der Waals surface area contributed by atoms with Gasteiger partial charge in [0.15, 0.2) is 0 Å². The zero-order valence-electron chi connectivity index (χ0n) is 18.2. The van der Waals surface area contributed by atoms with Crippen molar-refractivity contribution in [3.05, 3.63) is 24.1 Å². The quantitative estimate of drug-likeness (QED) is 0.541. The van der Waals surface area contributed by atoms with Gasteiger partial charge in [0.25, 0.3) is 5.22 Å². The van der Waals surface area contributed by atoms with Crippen molar-refractivity contribution in [2.45, 2.75) is 68.1 Å². The second-order valence-electron chi connectivity index (χ2n) is 8.31. The maximum atomic E-state index is 13.1. The Morgan fingerprint density at radius 1 is 1.25 bits per heavy atom. The highest BCUT2D eigenvalue weighted by molar-refractivity contribution is 7.99. The van der Waals surface area contributed by atoms with E-state index in [1.54, 1.807) is 6.07 Å². The first-order chi connectivity index (χ1) is 15.3. The molecule has 2 heterocycles. The topological polar surface area (TPSA) is 115 Å². The highest BCUT2D eigenvalue weighted by atomic mass is 32.2. The van der Waals surface area contributed by atoms with Gasteiger partial charge < -0.3 is 14.5 Å². The van der Waals surface area contributed by atoms with Crippen molar-refractivity contribution in [2.75, 3.05) is 24.2 Å². The van der Waals surface area contributed by atoms with E-state index >= 15 is 0 Å². The van der Waals surface area contributed by atoms with Crippen LogP contribution in [-0.4, -0.2) is 53.8 Å². The summed E-state index contributed by atoms with van der Waals surface area (Å²) in [5.41, 5.74) is 0.326. The molecule has 4 rings (SSSR count). The monoisotopic (exact) mass is 480 g/mol. The van der Waals surface area contributed by atoms with E-state index in [0.717, 1.165) is 43.9 Å². The summed E-state index contributed by atoms with van der Waals surface area (Å²) in [4.78, 5) is 12.7. The molecule has 1 aliphatic carbocycles. The fourth-order valence-electron chi connectivity index (χ4n) is 3.47. The Morgan fingerprint density at radius 3 is 2.69 bits per heavy atom. The number of ether oxygens (including phenoxy) is 1. The van der Waals surface area contributed by atoms with Crippen LogP contribution in [0.15, 0.2) is 32.7 Å². The molecular formula is C21H28N4O5S2. The molecule has 1 saturated carbocycles. The number of hydrogen-bond donors (Lipinski definition) is 1. The van der Waals surface area contributed by atoms with Crippen molar-refractivity contribution in [2.24, 2.45) is 0 Å². The van der Waals surface area contributed by atoms with Gasteiger partial charge in [0.05, 0.1) is 22.4 Å². The summed E-state index contributed by atoms with van der Waals surface area (Å²) in [6.45, 7) is 4.76. The Bertz CT molecular complexity index is 1060. The van der Waals surface area contributed by atoms with Gasteiger partial charge in [-0.05, 0) is 57.7 Å². The fraction of sp³-hybridized carbons (Fsp3) is 0.571. The summed E-state index contributed by atoms with van der Waals surface area (Å²) in [7, 11) is -3.63. The molecule has 11 heteroatoms. The highest BCUT2D eigenvalue weighted by Gasteiger charge is 2.30. The molecule has 1 saturated heterocycles. The SMILES string of the molecule is CC(C)Oc1ccc(S(=O)(=O)N2CCCCC2)cc1NC(=O)CSc1nnc(C2CC2)o1. The lowest BCUT2D eigenvalue weighted by atomic mass is 10.2. The van der Waals surface area contributed by atoms with Gasteiger partial charge in [-0.15, -0.1) is 10.2 Å². The van der Waals surface area contributed by atoms with E-state index in [1.165, 1.54) is 16.4 Å². The lowest BCUT2D eigenvalue weighted by molar-refractivity contribution is -0.113. The molecule has 32 heavy (non-hydrogen) atoms. The average Bonchev–Trinajstić information content (AvgIpc) is 3.51. The van der Waals surface area contributed by atoms with E-state index < -0.39 is 10.0 Å². The lowest BCUT2D eigenvalue weighted by Crippen LogP contribution is -2.35. The molecule has 2 aromatic rings. The molecule has 0 spiro atoms. The summed E-state index contributed by atoms with van der Waals surface area (Å²) in [5.74, 6) is 1.13. The number of amides is 1. The smallest absolute Gasteiger partial charge is 0.277 e. The van der Waals surface area contributed by atoms with E-state index in [-0.39, 0.29) is 22.7 Å². The number of rotatable bonds is 9. The maximum Gasteiger partial charge on any atom is 0.277 e. The number of carbonyl (C=O) groups excluding carboxylic acids is 1. The second kappa shape index (κ2) is 9.80. The molecule has 2 aliphatic rings. The summed E-state index contributed by atoms with van der Waals surface area (Å²) >= 11 is 1.15. The van der Waals surface area contributed by atoms with Gasteiger partial charge in [0, 0.05) is 19.0 Å². The van der Waals surface area contributed by atoms with E-state index in [2.05, 4.69) is 15.5 Å². The number of nitrogens with zero attached hydrogens (tertiary/aromatic N) is 3. The molecule has 9 nitrogen and oxygen atoms in total. The van der Waals surface area contributed by atoms with Crippen LogP contribution < -0.4 is 10.1 Å². The predicted octanol–water partition coefficient (Wildman–Crippen LogP) is 3.64. The van der Waals surface area contributed by atoms with E-state index in [0.29, 0.717) is 41.6 Å². The molecule has 1 aliphatic heterocycles. The molecule has 0 atom stereocenters. The number of thioether (sulfide) groups is 1. The third-order valence-electron chi connectivity index (χ3n) is 5.22. The molecule has 1 amide bonds. The molecule has 2 fully saturated rings. The molecule has 0 bridgehead atoms. The number of piperidine rings is 1. The minimum Gasteiger partial charge on any atom is -0.489 e. The third kappa shape index (κ3) is 5.62. The summed E-state index contributed by atoms with van der Waals surface area (Å²) in [6, 6.07) is 4.60. The van der Waals surface area contributed by atoms with Crippen LogP contribution in [-0.2, 0) is 14.8 Å². The fourth-order valence-corrected chi connectivity index (χ4v) is 5.58. The Kier molecular flexibility index (Phi) is 7.06. The zero-order valence-corrected chi connectivity index (χ0v) is 19.9. The zero-order chi connectivity index (χ0) is 22.7. The first-order valence-corrected chi connectivity index (χ1v) is 13.3. The van der Waals surface area contributed by atoms with Crippen LogP contribution in [0.3, 0.4) is 0 Å². The Balaban J connectivity index is 1.47. The van der Waals surface area contributed by atoms with Gasteiger partial charge >= 0.3 is 0 Å². The van der Waals surface area contributed by atoms with Crippen molar-refractivity contribution < 1.29 is 22.4 Å². The van der Waals surface area contributed by atoms with E-state index in [9.17, 15) is 13.2 Å². The van der Waals surface area contributed by atoms with Crippen LogP contribution in [0, 0.1) is 0 Å². The van der Waals surface area contributed by atoms with Crippen LogP contribution in [0.5, 0.6) is 5.75 Å². The van der Waals surface area contributed by atoms with Crippen LogP contribution in [0.4, 0.5) is 5.69 Å². The van der Waals surface area contributed by atoms with Crippen molar-refractivity contribution in [1.29, 1.82) is 0 Å². The summed E-state index contributed by atoms with van der Waals surface area (Å²) in [5, 5.41) is 11.1. The molecule has 1 aromatic carbocycles. The van der Waals surface area contributed by atoms with Crippen molar-refractivity contribution >= 4 is 33.4 Å². The molecule has 0 unspecified atom stereocenters. The van der Waals surface area contributed by atoms with Gasteiger partial charge in [-0.25, -0.2) is 8.42 Å². The normalized spacial score (nSPS) is 17.5. The average molecular weight is 481 g/mol. The van der Waals surface area contributed by atoms with Crippen molar-refractivity contribution in [1.82, 2.24) is 14.5 Å². The van der Waals surface area contributed by atoms with Gasteiger partial charge in [0.1, 0.15) is 5.75 Å². The number of hydrogen-bond acceptors (Lipinski definition) is 8. The van der Waals surface area contributed by atoms with E-state index in [1.807, 2.05) is 13.8 Å². The van der Waals surface area contributed by atoms with Crippen LogP contribution in [0.2, 0.25) is 0 Å². The standard InChI is InChI=1S/C21H28N4O5S2/c1-14(2)29-18-9-8-16(32(27,28)25-10-4-3-5-11-25)12-17(18)22-19(26)13-31-21-24-23-20(30-21)15-6-7-15/h8-9,12,14-15H,3-7,10-11,13H2,1-2H3,(H,22,26). The van der Waals surface area contributed by atoms with Crippen LogP contribution in [0.1, 0.15) is 57.8 Å². The predicted molar refractivity (Wildman–Crippen MR) is 120 cm³/mol. The number of sulfonamides is 1. The molecule has 0 radical (unpaired) electrons. The molecule has 1 aromatic heterocycles. The number of carbonyl (C=O) groups is 1. The summed E-state index contributed by atoms with van der Waals surface area (Å²) < 4.78 is 39.0. The number of nitrogens with one attached hydrogen (secondary N) is 1. The second-order valence-corrected chi connectivity index (χ2v) is 11.2. The first kappa shape index (κ1) is 23.1. The third-order valence-corrected chi connectivity index (χ3v) is 7.93. The maximum absolute atomic E-state index is 13.1. The highest BCUT2D eigenvalue weighted by Crippen LogP contribution is 2.40. The van der Waals surface area contributed by atoms with Gasteiger partial charge in [-0.2, -0.15) is 4.31 Å². The van der Waals surface area contributed by atoms with Crippen LogP contribution in [0.25, 0.3) is 0 Å². The molecule has 174 valence electrons. The van der Waals surface area contributed by atoms with Gasteiger partial charge in [0.2, 0.25) is 21.8 Å². The minimum atomic E-state index is -3.63. The largest absolute Gasteiger partial charge is 0.489 e. The molecule has 1 N–H and O–H groups in total. The summed E-state index contributed by atoms with van der Waals surface area (Å²) in [6.07, 6.45) is 4.72. The first-order valence-electron chi connectivity index (χ1n) is 10.9. The van der Waals surface area contributed by atoms with Crippen molar-refractivity contribution in [3.8, 4) is 5.75 Å².